The first kappa shape index (κ1) is 26.4. The number of hydrogen-bond acceptors (Lipinski definition) is 10. The summed E-state index contributed by atoms with van der Waals surface area (Å²) in [5, 5.41) is 14.6. The molecule has 1 aliphatic rings. The van der Waals surface area contributed by atoms with E-state index in [1.54, 1.807) is 37.3 Å². The molecule has 0 bridgehead atoms. The van der Waals surface area contributed by atoms with Crippen molar-refractivity contribution in [2.24, 2.45) is 5.92 Å². The minimum absolute atomic E-state index is 0.00218. The number of fused-ring (bicyclic) bond motifs is 1. The van der Waals surface area contributed by atoms with Crippen molar-refractivity contribution in [1.82, 2.24) is 19.6 Å². The number of nitrogens with one attached hydrogen (secondary N) is 1. The Morgan fingerprint density at radius 1 is 1.44 bits per heavy atom. The third-order valence-corrected chi connectivity index (χ3v) is 8.62. The fourth-order valence-electron chi connectivity index (χ4n) is 3.65. The quantitative estimate of drug-likeness (QED) is 0.249. The van der Waals surface area contributed by atoms with E-state index in [0.717, 1.165) is 4.52 Å². The average molecular weight is 588 g/mol. The van der Waals surface area contributed by atoms with Gasteiger partial charge in [0.25, 0.3) is 5.56 Å². The molecule has 0 radical (unpaired) electrons. The van der Waals surface area contributed by atoms with E-state index in [4.69, 9.17) is 19.5 Å². The number of anilines is 1. The molecule has 3 aromatic rings. The number of halogens is 2. The largest absolute Gasteiger partial charge is 0.424 e. The molecule has 1 saturated heterocycles. The lowest BCUT2D eigenvalue weighted by atomic mass is 10.1. The smallest absolute Gasteiger partial charge is 0.379 e. The zero-order chi connectivity index (χ0) is 26.3. The number of carbonyl (C=O) groups excluding carboxylic acids is 1. The van der Waals surface area contributed by atoms with Crippen molar-refractivity contribution in [2.75, 3.05) is 18.5 Å². The van der Waals surface area contributed by atoms with Gasteiger partial charge >= 0.3 is 7.60 Å². The Morgan fingerprint density at radius 2 is 2.14 bits per heavy atom. The van der Waals surface area contributed by atoms with Gasteiger partial charge in [-0.15, -0.1) is 5.10 Å². The van der Waals surface area contributed by atoms with Gasteiger partial charge in [0.05, 0.1) is 24.7 Å². The number of para-hydroxylation sites is 1. The monoisotopic (exact) mass is 587 g/mol. The molecular formula is C21H24BrFN5O7P. The summed E-state index contributed by atoms with van der Waals surface area (Å²) in [5.41, 5.74) is 4.79. The van der Waals surface area contributed by atoms with Gasteiger partial charge in [0.2, 0.25) is 16.2 Å². The SMILES string of the molecule is CC(=O)[C@H](C)CP(=O)(OC[C@H]1O[C@@H](c2cnc3c(=O)[nH]c(N)nn23)[C@@](F)(Br)C1O)Oc1ccccc1. The summed E-state index contributed by atoms with van der Waals surface area (Å²) in [6, 6.07) is 8.23. The number of Topliss-reactive ketones (excluding diaryl/α,β-unsaturated/α-hetero) is 1. The highest BCUT2D eigenvalue weighted by molar-refractivity contribution is 9.10. The fourth-order valence-corrected chi connectivity index (χ4v) is 6.27. The first-order valence-corrected chi connectivity index (χ1v) is 13.4. The summed E-state index contributed by atoms with van der Waals surface area (Å²) < 4.78 is 44.6. The topological polar surface area (TPSA) is 171 Å². The van der Waals surface area contributed by atoms with Gasteiger partial charge in [0.1, 0.15) is 29.8 Å². The number of nitrogen functional groups attached to an aromatic ring is 1. The van der Waals surface area contributed by atoms with Crippen LogP contribution in [0.2, 0.25) is 0 Å². The van der Waals surface area contributed by atoms with Crippen molar-refractivity contribution in [3.63, 3.8) is 0 Å². The van der Waals surface area contributed by atoms with Crippen LogP contribution in [0.25, 0.3) is 5.65 Å². The second-order valence-corrected chi connectivity index (χ2v) is 11.7. The van der Waals surface area contributed by atoms with Crippen LogP contribution < -0.4 is 15.8 Å². The van der Waals surface area contributed by atoms with E-state index in [0.29, 0.717) is 0 Å². The van der Waals surface area contributed by atoms with Crippen molar-refractivity contribution in [1.29, 1.82) is 0 Å². The molecule has 1 fully saturated rings. The number of imidazole rings is 1. The number of aromatic nitrogens is 4. The lowest BCUT2D eigenvalue weighted by Crippen LogP contribution is -2.37. The zero-order valence-electron chi connectivity index (χ0n) is 19.2. The van der Waals surface area contributed by atoms with Crippen LogP contribution in [0, 0.1) is 5.92 Å². The lowest BCUT2D eigenvalue weighted by molar-refractivity contribution is -0.119. The number of carbonyl (C=O) groups is 1. The molecule has 6 atom stereocenters. The Bertz CT molecular complexity index is 1370. The van der Waals surface area contributed by atoms with Crippen molar-refractivity contribution in [3.8, 4) is 5.75 Å². The number of aliphatic hydroxyl groups is 1. The summed E-state index contributed by atoms with van der Waals surface area (Å²) in [4.78, 5) is 30.1. The first-order chi connectivity index (χ1) is 16.9. The van der Waals surface area contributed by atoms with Gasteiger partial charge in [0.15, 0.2) is 0 Å². The third kappa shape index (κ3) is 5.23. The predicted molar refractivity (Wildman–Crippen MR) is 130 cm³/mol. The molecule has 15 heteroatoms. The highest BCUT2D eigenvalue weighted by Crippen LogP contribution is 2.53. The van der Waals surface area contributed by atoms with E-state index in [9.17, 15) is 19.3 Å². The Morgan fingerprint density at radius 3 is 2.81 bits per heavy atom. The molecule has 2 unspecified atom stereocenters. The van der Waals surface area contributed by atoms with Crippen molar-refractivity contribution < 1.29 is 32.6 Å². The molecule has 12 nitrogen and oxygen atoms in total. The van der Waals surface area contributed by atoms with Crippen LogP contribution >= 0.6 is 23.5 Å². The lowest BCUT2D eigenvalue weighted by Gasteiger charge is -2.24. The number of aromatic amines is 1. The first-order valence-electron chi connectivity index (χ1n) is 10.8. The van der Waals surface area contributed by atoms with E-state index >= 15 is 4.39 Å². The summed E-state index contributed by atoms with van der Waals surface area (Å²) in [5.74, 6) is -0.846. The Balaban J connectivity index is 1.57. The van der Waals surface area contributed by atoms with Crippen molar-refractivity contribution in [3.05, 3.63) is 52.6 Å². The van der Waals surface area contributed by atoms with E-state index < -0.39 is 48.6 Å². The van der Waals surface area contributed by atoms with Gasteiger partial charge in [-0.25, -0.2) is 18.5 Å². The van der Waals surface area contributed by atoms with Crippen LogP contribution in [0.3, 0.4) is 0 Å². The molecule has 3 heterocycles. The molecule has 4 N–H and O–H groups in total. The van der Waals surface area contributed by atoms with Gasteiger partial charge in [-0.05, 0) is 35.0 Å². The number of H-pyrrole nitrogens is 1. The molecule has 36 heavy (non-hydrogen) atoms. The summed E-state index contributed by atoms with van der Waals surface area (Å²) in [7, 11) is -3.95. The van der Waals surface area contributed by atoms with Crippen LogP contribution in [0.4, 0.5) is 10.3 Å². The van der Waals surface area contributed by atoms with Gasteiger partial charge in [-0.1, -0.05) is 25.1 Å². The minimum atomic E-state index is -3.95. The number of rotatable bonds is 9. The Kier molecular flexibility index (Phi) is 7.35. The number of benzene rings is 1. The molecule has 2 aromatic heterocycles. The summed E-state index contributed by atoms with van der Waals surface area (Å²) in [6.45, 7) is 2.41. The molecule has 0 amide bonds. The predicted octanol–water partition coefficient (Wildman–Crippen LogP) is 2.38. The second kappa shape index (κ2) is 10.0. The number of nitrogens with two attached hydrogens (primary N) is 1. The van der Waals surface area contributed by atoms with E-state index in [1.165, 1.54) is 13.1 Å². The molecule has 0 saturated carbocycles. The number of ketones is 1. The van der Waals surface area contributed by atoms with E-state index in [2.05, 4.69) is 31.0 Å². The summed E-state index contributed by atoms with van der Waals surface area (Å²) >= 11 is 2.86. The normalized spacial score (nSPS) is 26.5. The molecule has 0 aliphatic carbocycles. The van der Waals surface area contributed by atoms with Crippen LogP contribution in [0.15, 0.2) is 41.3 Å². The molecule has 1 aromatic carbocycles. The zero-order valence-corrected chi connectivity index (χ0v) is 21.7. The maximum atomic E-state index is 15.6. The second-order valence-electron chi connectivity index (χ2n) is 8.44. The van der Waals surface area contributed by atoms with Crippen LogP contribution in [0.1, 0.15) is 25.6 Å². The van der Waals surface area contributed by atoms with Gasteiger partial charge in [0, 0.05) is 5.92 Å². The number of hydrogen-bond donors (Lipinski definition) is 3. The average Bonchev–Trinajstić information content (AvgIpc) is 3.31. The van der Waals surface area contributed by atoms with E-state index in [1.807, 2.05) is 0 Å². The van der Waals surface area contributed by atoms with Crippen LogP contribution in [-0.4, -0.2) is 60.0 Å². The highest BCUT2D eigenvalue weighted by Gasteiger charge is 2.58. The Hall–Kier alpha value is -2.64. The molecule has 194 valence electrons. The number of nitrogens with zero attached hydrogens (tertiary/aromatic N) is 3. The highest BCUT2D eigenvalue weighted by atomic mass is 79.9. The maximum Gasteiger partial charge on any atom is 0.379 e. The van der Waals surface area contributed by atoms with E-state index in [-0.39, 0.29) is 35.0 Å². The maximum absolute atomic E-state index is 15.6. The molecule has 4 rings (SSSR count). The van der Waals surface area contributed by atoms with Gasteiger partial charge < -0.3 is 20.1 Å². The van der Waals surface area contributed by atoms with Crippen LogP contribution in [0.5, 0.6) is 5.75 Å². The number of alkyl halides is 2. The minimum Gasteiger partial charge on any atom is -0.424 e. The Labute approximate surface area is 212 Å². The van der Waals surface area contributed by atoms with Gasteiger partial charge in [-0.3, -0.25) is 19.1 Å². The third-order valence-electron chi connectivity index (χ3n) is 5.71. The van der Waals surface area contributed by atoms with Crippen molar-refractivity contribution >= 4 is 40.9 Å². The standard InChI is InChI=1S/C21H24BrFN5O7P/c1-11(12(2)29)10-36(32,35-13-6-4-3-5-7-13)33-9-15-16(30)21(22,23)17(34-15)14-8-25-18-19(31)26-20(24)27-28(14)18/h3-8,11,15-17,30H,9-10H2,1-2H3,(H3,24,26,27,31)/t11-,15-,16?,17+,21-,36?/m1/s1. The number of aliphatic hydroxyl groups excluding tert-OH is 1. The summed E-state index contributed by atoms with van der Waals surface area (Å²) in [6.07, 6.45) is -3.66. The van der Waals surface area contributed by atoms with Crippen molar-refractivity contribution in [2.45, 2.75) is 36.7 Å². The molecular weight excluding hydrogens is 564 g/mol. The van der Waals surface area contributed by atoms with Gasteiger partial charge in [-0.2, -0.15) is 0 Å². The van der Waals surface area contributed by atoms with Crippen LogP contribution in [-0.2, 0) is 18.6 Å². The molecule has 0 spiro atoms. The molecule has 1 aliphatic heterocycles. The fraction of sp³-hybridized carbons (Fsp3) is 0.429. The number of ether oxygens (including phenoxy) is 1.